The SMILES string of the molecule is O=C(Nc1sc(Cl)cc1C(=O)NCCc1ccccc1OC(F)(F)F)c1ccc(O)c(Cl)c1. The first-order valence-electron chi connectivity index (χ1n) is 9.24. The quantitative estimate of drug-likeness (QED) is 0.364. The van der Waals surface area contributed by atoms with E-state index in [9.17, 15) is 27.9 Å². The van der Waals surface area contributed by atoms with Crippen LogP contribution in [0.4, 0.5) is 18.2 Å². The molecule has 0 aliphatic carbocycles. The van der Waals surface area contributed by atoms with E-state index in [1.165, 1.54) is 42.5 Å². The second-order valence-electron chi connectivity index (χ2n) is 6.58. The zero-order valence-corrected chi connectivity index (χ0v) is 18.8. The molecule has 174 valence electrons. The van der Waals surface area contributed by atoms with Gasteiger partial charge in [0.2, 0.25) is 0 Å². The van der Waals surface area contributed by atoms with E-state index in [0.29, 0.717) is 0 Å². The summed E-state index contributed by atoms with van der Waals surface area (Å²) in [7, 11) is 0. The third-order valence-electron chi connectivity index (χ3n) is 4.26. The molecule has 3 aromatic rings. The summed E-state index contributed by atoms with van der Waals surface area (Å²) in [4.78, 5) is 25.1. The van der Waals surface area contributed by atoms with Crippen molar-refractivity contribution in [3.8, 4) is 11.5 Å². The fraction of sp³-hybridized carbons (Fsp3) is 0.143. The standard InChI is InChI=1S/C21H15Cl2F3N2O4S/c22-14-9-12(5-6-15(14)29)18(30)28-20-13(10-17(23)33-20)19(31)27-8-7-11-3-1-2-4-16(11)32-21(24,25)26/h1-6,9-10,29H,7-8H2,(H,27,31)(H,28,30). The van der Waals surface area contributed by atoms with Crippen molar-refractivity contribution < 1.29 is 32.6 Å². The second-order valence-corrected chi connectivity index (χ2v) is 8.67. The Morgan fingerprint density at radius 1 is 1.06 bits per heavy atom. The summed E-state index contributed by atoms with van der Waals surface area (Å²) in [6, 6.07) is 10.9. The number of hydrogen-bond acceptors (Lipinski definition) is 5. The summed E-state index contributed by atoms with van der Waals surface area (Å²) in [5.74, 6) is -1.69. The normalized spacial score (nSPS) is 11.2. The molecule has 2 amide bonds. The van der Waals surface area contributed by atoms with Gasteiger partial charge in [-0.3, -0.25) is 9.59 Å². The van der Waals surface area contributed by atoms with Gasteiger partial charge in [0.25, 0.3) is 11.8 Å². The minimum absolute atomic E-state index is 0.00544. The zero-order chi connectivity index (χ0) is 24.2. The Hall–Kier alpha value is -2.95. The molecule has 0 atom stereocenters. The van der Waals surface area contributed by atoms with Crippen molar-refractivity contribution in [2.45, 2.75) is 12.8 Å². The number of phenols is 1. The van der Waals surface area contributed by atoms with Crippen LogP contribution in [0, 0.1) is 0 Å². The number of para-hydroxylation sites is 1. The molecule has 0 spiro atoms. The minimum Gasteiger partial charge on any atom is -0.506 e. The molecule has 3 N–H and O–H groups in total. The van der Waals surface area contributed by atoms with Crippen molar-refractivity contribution in [2.24, 2.45) is 0 Å². The maximum Gasteiger partial charge on any atom is 0.573 e. The van der Waals surface area contributed by atoms with Crippen LogP contribution in [0.3, 0.4) is 0 Å². The lowest BCUT2D eigenvalue weighted by atomic mass is 10.1. The molecule has 33 heavy (non-hydrogen) atoms. The zero-order valence-electron chi connectivity index (χ0n) is 16.5. The second kappa shape index (κ2) is 10.3. The largest absolute Gasteiger partial charge is 0.573 e. The van der Waals surface area contributed by atoms with Gasteiger partial charge in [0, 0.05) is 12.1 Å². The molecule has 0 radical (unpaired) electrons. The highest BCUT2D eigenvalue weighted by molar-refractivity contribution is 7.20. The van der Waals surface area contributed by atoms with Crippen LogP contribution in [-0.4, -0.2) is 29.8 Å². The van der Waals surface area contributed by atoms with Crippen molar-refractivity contribution >= 4 is 51.4 Å². The number of benzene rings is 2. The van der Waals surface area contributed by atoms with Gasteiger partial charge in [0.1, 0.15) is 16.5 Å². The number of aromatic hydroxyl groups is 1. The number of carbonyl (C=O) groups excluding carboxylic acids is 2. The molecule has 12 heteroatoms. The summed E-state index contributed by atoms with van der Waals surface area (Å²) in [5.41, 5.74) is 0.495. The molecule has 1 heterocycles. The predicted molar refractivity (Wildman–Crippen MR) is 120 cm³/mol. The molecule has 0 saturated carbocycles. The minimum atomic E-state index is -4.83. The molecule has 0 bridgehead atoms. The van der Waals surface area contributed by atoms with Gasteiger partial charge in [0.15, 0.2) is 0 Å². The Morgan fingerprint density at radius 2 is 1.79 bits per heavy atom. The maximum absolute atomic E-state index is 12.6. The third-order valence-corrected chi connectivity index (χ3v) is 5.74. The van der Waals surface area contributed by atoms with Crippen molar-refractivity contribution in [1.29, 1.82) is 0 Å². The van der Waals surface area contributed by atoms with Crippen LogP contribution in [0.15, 0.2) is 48.5 Å². The van der Waals surface area contributed by atoms with Crippen LogP contribution in [0.5, 0.6) is 11.5 Å². The van der Waals surface area contributed by atoms with E-state index >= 15 is 0 Å². The summed E-state index contributed by atoms with van der Waals surface area (Å²) in [5, 5.41) is 14.8. The smallest absolute Gasteiger partial charge is 0.506 e. The highest BCUT2D eigenvalue weighted by Crippen LogP contribution is 2.33. The van der Waals surface area contributed by atoms with E-state index in [2.05, 4.69) is 15.4 Å². The average Bonchev–Trinajstić information content (AvgIpc) is 3.10. The molecule has 0 saturated heterocycles. The van der Waals surface area contributed by atoms with Crippen LogP contribution in [0.1, 0.15) is 26.3 Å². The van der Waals surface area contributed by atoms with Gasteiger partial charge in [-0.05, 0) is 42.3 Å². The third kappa shape index (κ3) is 6.77. The summed E-state index contributed by atoms with van der Waals surface area (Å²) >= 11 is 12.8. The first-order valence-corrected chi connectivity index (χ1v) is 10.8. The Kier molecular flexibility index (Phi) is 7.72. The number of halogens is 5. The first kappa shape index (κ1) is 24.7. The fourth-order valence-electron chi connectivity index (χ4n) is 2.79. The van der Waals surface area contributed by atoms with E-state index in [1.807, 2.05) is 0 Å². The average molecular weight is 519 g/mol. The molecule has 0 fully saturated rings. The number of thiophene rings is 1. The number of alkyl halides is 3. The molecule has 1 aromatic heterocycles. The van der Waals surface area contributed by atoms with Crippen LogP contribution in [0.25, 0.3) is 0 Å². The van der Waals surface area contributed by atoms with E-state index < -0.39 is 18.2 Å². The Bertz CT molecular complexity index is 1180. The monoisotopic (exact) mass is 518 g/mol. The fourth-order valence-corrected chi connectivity index (χ4v) is 4.08. The number of anilines is 1. The van der Waals surface area contributed by atoms with Crippen molar-refractivity contribution in [3.05, 3.63) is 74.6 Å². The van der Waals surface area contributed by atoms with Gasteiger partial charge in [0.05, 0.1) is 14.9 Å². The molecule has 6 nitrogen and oxygen atoms in total. The lowest BCUT2D eigenvalue weighted by molar-refractivity contribution is -0.274. The Balaban J connectivity index is 1.66. The lowest BCUT2D eigenvalue weighted by Gasteiger charge is -2.13. The predicted octanol–water partition coefficient (Wildman–Crippen LogP) is 5.88. The molecular formula is C21H15Cl2F3N2O4S. The van der Waals surface area contributed by atoms with Gasteiger partial charge in [-0.15, -0.1) is 24.5 Å². The van der Waals surface area contributed by atoms with Crippen LogP contribution in [0.2, 0.25) is 9.36 Å². The van der Waals surface area contributed by atoms with Crippen molar-refractivity contribution in [3.63, 3.8) is 0 Å². The number of rotatable bonds is 7. The van der Waals surface area contributed by atoms with Gasteiger partial charge >= 0.3 is 6.36 Å². The van der Waals surface area contributed by atoms with Gasteiger partial charge < -0.3 is 20.5 Å². The summed E-state index contributed by atoms with van der Waals surface area (Å²) in [6.07, 6.45) is -4.76. The number of ether oxygens (including phenoxy) is 1. The number of phenolic OH excluding ortho intramolecular Hbond substituents is 1. The van der Waals surface area contributed by atoms with Crippen molar-refractivity contribution in [1.82, 2.24) is 5.32 Å². The number of carbonyl (C=O) groups is 2. The molecule has 0 aliphatic heterocycles. The Labute approximate surface area is 199 Å². The van der Waals surface area contributed by atoms with E-state index in [1.54, 1.807) is 6.07 Å². The van der Waals surface area contributed by atoms with E-state index in [-0.39, 0.29) is 55.5 Å². The van der Waals surface area contributed by atoms with Crippen LogP contribution < -0.4 is 15.4 Å². The number of nitrogens with one attached hydrogen (secondary N) is 2. The topological polar surface area (TPSA) is 87.7 Å². The van der Waals surface area contributed by atoms with Gasteiger partial charge in [-0.1, -0.05) is 41.4 Å². The van der Waals surface area contributed by atoms with Gasteiger partial charge in [-0.2, -0.15) is 0 Å². The lowest BCUT2D eigenvalue weighted by Crippen LogP contribution is -2.27. The highest BCUT2D eigenvalue weighted by Gasteiger charge is 2.32. The molecular weight excluding hydrogens is 504 g/mol. The first-order chi connectivity index (χ1) is 15.5. The number of hydrogen-bond donors (Lipinski definition) is 3. The molecule has 2 aromatic carbocycles. The van der Waals surface area contributed by atoms with Crippen LogP contribution in [-0.2, 0) is 6.42 Å². The summed E-state index contributed by atoms with van der Waals surface area (Å²) in [6.45, 7) is 0.00544. The Morgan fingerprint density at radius 3 is 2.48 bits per heavy atom. The molecule has 0 unspecified atom stereocenters. The van der Waals surface area contributed by atoms with E-state index in [0.717, 1.165) is 11.3 Å². The highest BCUT2D eigenvalue weighted by atomic mass is 35.5. The van der Waals surface area contributed by atoms with Gasteiger partial charge in [-0.25, -0.2) is 0 Å². The summed E-state index contributed by atoms with van der Waals surface area (Å²) < 4.78 is 41.9. The van der Waals surface area contributed by atoms with Crippen molar-refractivity contribution in [2.75, 3.05) is 11.9 Å². The number of amides is 2. The molecule has 3 rings (SSSR count). The van der Waals surface area contributed by atoms with E-state index in [4.69, 9.17) is 23.2 Å². The van der Waals surface area contributed by atoms with Crippen LogP contribution >= 0.6 is 34.5 Å². The maximum atomic E-state index is 12.6. The molecule has 0 aliphatic rings.